The molecular weight excluding hydrogens is 348 g/mol. The molecule has 7 nitrogen and oxygen atoms in total. The van der Waals surface area contributed by atoms with Gasteiger partial charge in [0.25, 0.3) is 0 Å². The monoisotopic (exact) mass is 368 g/mol. The van der Waals surface area contributed by atoms with Gasteiger partial charge in [0.2, 0.25) is 0 Å². The summed E-state index contributed by atoms with van der Waals surface area (Å²) in [6, 6.07) is 4.06. The van der Waals surface area contributed by atoms with Crippen LogP contribution in [0.4, 0.5) is 4.79 Å². The number of methoxy groups -OCH3 is 1. The van der Waals surface area contributed by atoms with Crippen LogP contribution in [0.1, 0.15) is 25.5 Å². The van der Waals surface area contributed by atoms with Gasteiger partial charge < -0.3 is 24.8 Å². The minimum absolute atomic E-state index is 0.0216. The third-order valence-electron chi connectivity index (χ3n) is 3.60. The van der Waals surface area contributed by atoms with E-state index in [1.807, 2.05) is 6.92 Å². The number of allylic oxidation sites excluding steroid dienone is 1. The third-order valence-corrected chi connectivity index (χ3v) is 3.87. The number of nitrogens with one attached hydrogen (secondary N) is 2. The molecule has 1 aliphatic heterocycles. The van der Waals surface area contributed by atoms with Gasteiger partial charge in [-0.25, -0.2) is 9.59 Å². The standard InChI is InChI=1S/C17H21ClN2O5/c1-4-24-12-7-6-10(8-13(12)23-3)15-14(16(21)25-5-2)11(9-18)19-17(22)20-15/h6-8,15H,4-5,9H2,1-3H3,(H2,19,20,22)/t15-/m0/s1. The van der Waals surface area contributed by atoms with Crippen molar-refractivity contribution >= 4 is 23.6 Å². The van der Waals surface area contributed by atoms with E-state index in [4.69, 9.17) is 25.8 Å². The fraction of sp³-hybridized carbons (Fsp3) is 0.412. The molecule has 0 saturated carbocycles. The Morgan fingerprint density at radius 2 is 2.00 bits per heavy atom. The summed E-state index contributed by atoms with van der Waals surface area (Å²) in [5, 5.41) is 5.28. The van der Waals surface area contributed by atoms with Crippen molar-refractivity contribution in [1.82, 2.24) is 10.6 Å². The largest absolute Gasteiger partial charge is 0.493 e. The molecule has 1 aromatic rings. The summed E-state index contributed by atoms with van der Waals surface area (Å²) in [5.74, 6) is 0.520. The highest BCUT2D eigenvalue weighted by atomic mass is 35.5. The molecule has 0 unspecified atom stereocenters. The lowest BCUT2D eigenvalue weighted by Crippen LogP contribution is -2.46. The second-order valence-corrected chi connectivity index (χ2v) is 5.39. The molecule has 0 fully saturated rings. The van der Waals surface area contributed by atoms with Gasteiger partial charge in [-0.05, 0) is 31.5 Å². The molecule has 1 atom stereocenters. The van der Waals surface area contributed by atoms with Gasteiger partial charge in [-0.15, -0.1) is 11.6 Å². The predicted molar refractivity (Wildman–Crippen MR) is 93.0 cm³/mol. The zero-order valence-corrected chi connectivity index (χ0v) is 15.1. The first kappa shape index (κ1) is 18.9. The predicted octanol–water partition coefficient (Wildman–Crippen LogP) is 2.50. The summed E-state index contributed by atoms with van der Waals surface area (Å²) in [7, 11) is 1.52. The Hall–Kier alpha value is -2.41. The van der Waals surface area contributed by atoms with E-state index < -0.39 is 18.0 Å². The average molecular weight is 369 g/mol. The van der Waals surface area contributed by atoms with Gasteiger partial charge >= 0.3 is 12.0 Å². The van der Waals surface area contributed by atoms with Crippen LogP contribution in [0.3, 0.4) is 0 Å². The Kier molecular flexibility index (Phi) is 6.52. The van der Waals surface area contributed by atoms with Crippen molar-refractivity contribution in [3.05, 3.63) is 35.0 Å². The lowest BCUT2D eigenvalue weighted by atomic mass is 9.95. The SMILES string of the molecule is CCOC(=O)C1=C(CCl)NC(=O)N[C@H]1c1ccc(OCC)c(OC)c1. The van der Waals surface area contributed by atoms with E-state index in [0.717, 1.165) is 0 Å². The first-order valence-electron chi connectivity index (χ1n) is 7.90. The van der Waals surface area contributed by atoms with E-state index in [-0.39, 0.29) is 18.1 Å². The summed E-state index contributed by atoms with van der Waals surface area (Å²) in [6.07, 6.45) is 0. The number of urea groups is 1. The quantitative estimate of drug-likeness (QED) is 0.570. The maximum atomic E-state index is 12.4. The molecule has 1 aromatic carbocycles. The maximum Gasteiger partial charge on any atom is 0.338 e. The number of amides is 2. The molecule has 0 radical (unpaired) electrons. The molecule has 0 aliphatic carbocycles. The smallest absolute Gasteiger partial charge is 0.338 e. The van der Waals surface area contributed by atoms with Crippen molar-refractivity contribution in [1.29, 1.82) is 0 Å². The van der Waals surface area contributed by atoms with Crippen molar-refractivity contribution in [2.75, 3.05) is 26.2 Å². The number of benzene rings is 1. The number of esters is 1. The van der Waals surface area contributed by atoms with Gasteiger partial charge in [-0.2, -0.15) is 0 Å². The van der Waals surface area contributed by atoms with Crippen molar-refractivity contribution in [2.24, 2.45) is 0 Å². The molecule has 8 heteroatoms. The zero-order valence-electron chi connectivity index (χ0n) is 14.3. The van der Waals surface area contributed by atoms with E-state index in [0.29, 0.717) is 29.4 Å². The number of hydrogen-bond acceptors (Lipinski definition) is 5. The summed E-state index contributed by atoms with van der Waals surface area (Å²) in [4.78, 5) is 24.3. The topological polar surface area (TPSA) is 85.9 Å². The van der Waals surface area contributed by atoms with Gasteiger partial charge in [-0.3, -0.25) is 0 Å². The van der Waals surface area contributed by atoms with Crippen LogP contribution < -0.4 is 20.1 Å². The maximum absolute atomic E-state index is 12.4. The molecule has 25 heavy (non-hydrogen) atoms. The second-order valence-electron chi connectivity index (χ2n) is 5.12. The molecule has 2 rings (SSSR count). The Morgan fingerprint density at radius 3 is 2.60 bits per heavy atom. The molecule has 2 N–H and O–H groups in total. The molecule has 0 spiro atoms. The first-order valence-corrected chi connectivity index (χ1v) is 8.43. The summed E-state index contributed by atoms with van der Waals surface area (Å²) in [5.41, 5.74) is 1.24. The highest BCUT2D eigenvalue weighted by molar-refractivity contribution is 6.20. The highest BCUT2D eigenvalue weighted by Gasteiger charge is 2.33. The van der Waals surface area contributed by atoms with Crippen molar-refractivity contribution in [3.63, 3.8) is 0 Å². The van der Waals surface area contributed by atoms with Crippen LogP contribution in [0.25, 0.3) is 0 Å². The summed E-state index contributed by atoms with van der Waals surface area (Å²) >= 11 is 5.91. The number of ether oxygens (including phenoxy) is 3. The summed E-state index contributed by atoms with van der Waals surface area (Å²) < 4.78 is 16.0. The van der Waals surface area contributed by atoms with Crippen molar-refractivity contribution in [2.45, 2.75) is 19.9 Å². The van der Waals surface area contributed by atoms with E-state index in [2.05, 4.69) is 10.6 Å². The van der Waals surface area contributed by atoms with Crippen LogP contribution in [0.5, 0.6) is 11.5 Å². The normalized spacial score (nSPS) is 16.8. The van der Waals surface area contributed by atoms with Gasteiger partial charge in [0.15, 0.2) is 11.5 Å². The highest BCUT2D eigenvalue weighted by Crippen LogP contribution is 2.34. The average Bonchev–Trinajstić information content (AvgIpc) is 2.61. The minimum atomic E-state index is -0.703. The van der Waals surface area contributed by atoms with Crippen LogP contribution in [0, 0.1) is 0 Å². The molecule has 0 aromatic heterocycles. The minimum Gasteiger partial charge on any atom is -0.493 e. The van der Waals surface area contributed by atoms with Crippen molar-refractivity contribution < 1.29 is 23.8 Å². The summed E-state index contributed by atoms with van der Waals surface area (Å²) in [6.45, 7) is 4.28. The van der Waals surface area contributed by atoms with Gasteiger partial charge in [-0.1, -0.05) is 6.07 Å². The van der Waals surface area contributed by atoms with Crippen LogP contribution >= 0.6 is 11.6 Å². The number of rotatable bonds is 7. The van der Waals surface area contributed by atoms with Crippen LogP contribution in [0.2, 0.25) is 0 Å². The fourth-order valence-corrected chi connectivity index (χ4v) is 2.77. The molecule has 2 amide bonds. The van der Waals surface area contributed by atoms with Crippen LogP contribution in [-0.4, -0.2) is 38.2 Å². The van der Waals surface area contributed by atoms with Crippen LogP contribution in [0.15, 0.2) is 29.5 Å². The van der Waals surface area contributed by atoms with Gasteiger partial charge in [0, 0.05) is 5.70 Å². The molecule has 0 bridgehead atoms. The number of alkyl halides is 1. The lowest BCUT2D eigenvalue weighted by molar-refractivity contribution is -0.139. The fourth-order valence-electron chi connectivity index (χ4n) is 2.56. The van der Waals surface area contributed by atoms with E-state index in [9.17, 15) is 9.59 Å². The van der Waals surface area contributed by atoms with E-state index in [1.165, 1.54) is 7.11 Å². The Morgan fingerprint density at radius 1 is 1.24 bits per heavy atom. The first-order chi connectivity index (χ1) is 12.0. The number of carbonyl (C=O) groups excluding carboxylic acids is 2. The van der Waals surface area contributed by atoms with Crippen LogP contribution in [-0.2, 0) is 9.53 Å². The zero-order chi connectivity index (χ0) is 18.4. The number of halogens is 1. The van der Waals surface area contributed by atoms with Crippen molar-refractivity contribution in [3.8, 4) is 11.5 Å². The Balaban J connectivity index is 2.49. The molecular formula is C17H21ClN2O5. The molecule has 0 saturated heterocycles. The Labute approximate surface area is 151 Å². The molecule has 1 heterocycles. The Bertz CT molecular complexity index is 690. The van der Waals surface area contributed by atoms with E-state index >= 15 is 0 Å². The molecule has 136 valence electrons. The van der Waals surface area contributed by atoms with Gasteiger partial charge in [0.1, 0.15) is 0 Å². The van der Waals surface area contributed by atoms with E-state index in [1.54, 1.807) is 25.1 Å². The number of carbonyl (C=O) groups is 2. The lowest BCUT2D eigenvalue weighted by Gasteiger charge is -2.29. The van der Waals surface area contributed by atoms with Gasteiger partial charge in [0.05, 0.1) is 37.8 Å². The second kappa shape index (κ2) is 8.62. The molecule has 1 aliphatic rings. The third kappa shape index (κ3) is 4.17. The number of hydrogen-bond donors (Lipinski definition) is 2.